The molecule has 2 aliphatic heterocycles. The van der Waals surface area contributed by atoms with Crippen LogP contribution in [0, 0.1) is 0 Å². The Kier molecular flexibility index (Phi) is 8.27. The average Bonchev–Trinajstić information content (AvgIpc) is 3.60. The lowest BCUT2D eigenvalue weighted by molar-refractivity contribution is -0.123. The number of benzene rings is 2. The molecule has 2 atom stereocenters. The predicted octanol–water partition coefficient (Wildman–Crippen LogP) is 4.27. The van der Waals surface area contributed by atoms with E-state index in [1.807, 2.05) is 32.9 Å². The Morgan fingerprint density at radius 2 is 1.88 bits per heavy atom. The summed E-state index contributed by atoms with van der Waals surface area (Å²) >= 11 is 6.22. The fourth-order valence-electron chi connectivity index (χ4n) is 5.13. The highest BCUT2D eigenvalue weighted by Crippen LogP contribution is 2.45. The zero-order valence-corrected chi connectivity index (χ0v) is 24.8. The number of urea groups is 1. The molecule has 0 radical (unpaired) electrons. The number of halogens is 1. The number of nitrogens with two attached hydrogens (primary N) is 1. The number of Topliss-reactive ketones (excluding diaryl/α,β-unsaturated/α-hetero) is 1. The van der Waals surface area contributed by atoms with Gasteiger partial charge >= 0.3 is 6.03 Å². The van der Waals surface area contributed by atoms with E-state index in [4.69, 9.17) is 31.5 Å². The molecule has 1 aromatic heterocycles. The molecule has 3 heterocycles. The van der Waals surface area contributed by atoms with Gasteiger partial charge in [0.1, 0.15) is 35.5 Å². The molecule has 3 N–H and O–H groups in total. The summed E-state index contributed by atoms with van der Waals surface area (Å²) in [7, 11) is 0. The highest BCUT2D eigenvalue weighted by atomic mass is 35.5. The molecule has 1 fully saturated rings. The minimum absolute atomic E-state index is 0.118. The second-order valence-electron chi connectivity index (χ2n) is 11.3. The number of primary amides is 1. The van der Waals surface area contributed by atoms with E-state index < -0.39 is 41.8 Å². The van der Waals surface area contributed by atoms with Gasteiger partial charge in [0.2, 0.25) is 11.8 Å². The second-order valence-corrected chi connectivity index (χ2v) is 11.8. The van der Waals surface area contributed by atoms with Gasteiger partial charge in [0.25, 0.3) is 0 Å². The fraction of sp³-hybridized carbons (Fsp3) is 0.323. The summed E-state index contributed by atoms with van der Waals surface area (Å²) in [6.07, 6.45) is 1.08. The number of ether oxygens (including phenoxy) is 1. The lowest BCUT2D eigenvalue weighted by atomic mass is 9.97. The van der Waals surface area contributed by atoms with Crippen LogP contribution in [0.1, 0.15) is 66.5 Å². The molecule has 43 heavy (non-hydrogen) atoms. The molecule has 2 aliphatic rings. The molecular formula is C31H32ClN5O6. The Bertz CT molecular complexity index is 1580. The van der Waals surface area contributed by atoms with Crippen molar-refractivity contribution in [1.29, 1.82) is 0 Å². The number of hydrogen-bond donors (Lipinski definition) is 2. The van der Waals surface area contributed by atoms with Crippen molar-refractivity contribution in [3.63, 3.8) is 0 Å². The fourth-order valence-corrected chi connectivity index (χ4v) is 5.25. The number of ketones is 1. The quantitative estimate of drug-likeness (QED) is 0.304. The molecule has 3 aromatic rings. The van der Waals surface area contributed by atoms with Crippen LogP contribution >= 0.6 is 11.6 Å². The summed E-state index contributed by atoms with van der Waals surface area (Å²) in [6.45, 7) is 6.05. The van der Waals surface area contributed by atoms with Gasteiger partial charge in [-0.15, -0.1) is 0 Å². The first kappa shape index (κ1) is 29.8. The molecular weight excluding hydrogens is 574 g/mol. The van der Waals surface area contributed by atoms with Crippen LogP contribution in [0.15, 0.2) is 70.3 Å². The van der Waals surface area contributed by atoms with E-state index in [1.54, 1.807) is 41.3 Å². The summed E-state index contributed by atoms with van der Waals surface area (Å²) in [6, 6.07) is 13.6. The Balaban J connectivity index is 1.69. The third kappa shape index (κ3) is 6.56. The number of carbonyl (C=O) groups is 4. The standard InChI is InChI=1S/C31H32ClN5O6/c1-31(2,3)43-24-15-19(22(38)16-25(33)39)8-11-21(24)29-35-27(23-5-4-14-42-23)28(18-6-9-20(32)10-7-18)37(29)30(41)36-13-12-34-26(40)17-36/h4-11,14-15,27-28H,12-13,16-17H2,1-3H3,(H2,33,39)(H,34,40). The van der Waals surface area contributed by atoms with Crippen LogP contribution in [0.25, 0.3) is 0 Å². The first-order chi connectivity index (χ1) is 20.4. The number of amidine groups is 1. The van der Waals surface area contributed by atoms with Crippen molar-refractivity contribution in [2.24, 2.45) is 10.7 Å². The van der Waals surface area contributed by atoms with Crippen LogP contribution in [0.3, 0.4) is 0 Å². The number of nitrogens with one attached hydrogen (secondary N) is 1. The minimum atomic E-state index is -0.748. The van der Waals surface area contributed by atoms with Gasteiger partial charge < -0.3 is 25.1 Å². The summed E-state index contributed by atoms with van der Waals surface area (Å²) in [5.41, 5.74) is 5.97. The van der Waals surface area contributed by atoms with Crippen LogP contribution in [-0.4, -0.2) is 64.5 Å². The summed E-state index contributed by atoms with van der Waals surface area (Å²) in [5, 5.41) is 3.28. The first-order valence-corrected chi connectivity index (χ1v) is 14.2. The molecule has 2 unspecified atom stereocenters. The third-order valence-corrected chi connectivity index (χ3v) is 7.18. The lowest BCUT2D eigenvalue weighted by Gasteiger charge is -2.35. The van der Waals surface area contributed by atoms with E-state index in [9.17, 15) is 19.2 Å². The molecule has 1 saturated heterocycles. The largest absolute Gasteiger partial charge is 0.487 e. The third-order valence-electron chi connectivity index (χ3n) is 6.92. The molecule has 2 aromatic carbocycles. The van der Waals surface area contributed by atoms with Gasteiger partial charge in [0, 0.05) is 23.7 Å². The molecule has 11 nitrogen and oxygen atoms in total. The number of furan rings is 1. The highest BCUT2D eigenvalue weighted by Gasteiger charge is 2.46. The van der Waals surface area contributed by atoms with Crippen LogP contribution < -0.4 is 15.8 Å². The van der Waals surface area contributed by atoms with Crippen LogP contribution in [0.2, 0.25) is 5.02 Å². The van der Waals surface area contributed by atoms with Crippen molar-refractivity contribution < 1.29 is 28.3 Å². The van der Waals surface area contributed by atoms with Crippen molar-refractivity contribution in [2.75, 3.05) is 19.6 Å². The zero-order chi connectivity index (χ0) is 30.9. The number of rotatable bonds is 7. The number of hydrogen-bond acceptors (Lipinski definition) is 7. The highest BCUT2D eigenvalue weighted by molar-refractivity contribution is 6.30. The van der Waals surface area contributed by atoms with Crippen LogP contribution in [0.4, 0.5) is 4.79 Å². The molecule has 224 valence electrons. The van der Waals surface area contributed by atoms with Gasteiger partial charge in [-0.3, -0.25) is 24.3 Å². The number of aliphatic imine (C=N–C) groups is 1. The second kappa shape index (κ2) is 11.9. The van der Waals surface area contributed by atoms with Gasteiger partial charge in [-0.2, -0.15) is 0 Å². The normalized spacial score (nSPS) is 18.7. The lowest BCUT2D eigenvalue weighted by Crippen LogP contribution is -2.55. The van der Waals surface area contributed by atoms with Crippen molar-refractivity contribution in [3.05, 3.63) is 88.3 Å². The molecule has 5 rings (SSSR count). The molecule has 0 bridgehead atoms. The summed E-state index contributed by atoms with van der Waals surface area (Å²) < 4.78 is 12.1. The smallest absolute Gasteiger partial charge is 0.326 e. The maximum atomic E-state index is 14.4. The predicted molar refractivity (Wildman–Crippen MR) is 159 cm³/mol. The van der Waals surface area contributed by atoms with Crippen molar-refractivity contribution >= 4 is 41.1 Å². The van der Waals surface area contributed by atoms with Crippen molar-refractivity contribution in [1.82, 2.24) is 15.1 Å². The van der Waals surface area contributed by atoms with Crippen molar-refractivity contribution in [2.45, 2.75) is 44.9 Å². The Morgan fingerprint density at radius 1 is 1.14 bits per heavy atom. The van der Waals surface area contributed by atoms with E-state index in [2.05, 4.69) is 5.32 Å². The average molecular weight is 606 g/mol. The van der Waals surface area contributed by atoms with Gasteiger partial charge in [-0.1, -0.05) is 29.8 Å². The number of piperazine rings is 1. The van der Waals surface area contributed by atoms with E-state index in [0.717, 1.165) is 5.56 Å². The minimum Gasteiger partial charge on any atom is -0.487 e. The summed E-state index contributed by atoms with van der Waals surface area (Å²) in [4.78, 5) is 59.0. The summed E-state index contributed by atoms with van der Waals surface area (Å²) in [5.74, 6) is -0.406. The monoisotopic (exact) mass is 605 g/mol. The number of amides is 4. The molecule has 4 amide bonds. The van der Waals surface area contributed by atoms with Crippen LogP contribution in [-0.2, 0) is 9.59 Å². The Labute approximate surface area is 253 Å². The molecule has 0 spiro atoms. The van der Waals surface area contributed by atoms with Crippen molar-refractivity contribution in [3.8, 4) is 5.75 Å². The Morgan fingerprint density at radius 3 is 2.51 bits per heavy atom. The van der Waals surface area contributed by atoms with Gasteiger partial charge in [0.15, 0.2) is 5.78 Å². The maximum absolute atomic E-state index is 14.4. The number of carbonyl (C=O) groups excluding carboxylic acids is 4. The molecule has 0 saturated carbocycles. The Hall–Kier alpha value is -4.64. The topological polar surface area (TPSA) is 148 Å². The van der Waals surface area contributed by atoms with E-state index in [0.29, 0.717) is 29.4 Å². The van der Waals surface area contributed by atoms with E-state index >= 15 is 0 Å². The van der Waals surface area contributed by atoms with Gasteiger partial charge in [-0.05, 0) is 62.7 Å². The van der Waals surface area contributed by atoms with Gasteiger partial charge in [-0.25, -0.2) is 4.79 Å². The zero-order valence-electron chi connectivity index (χ0n) is 24.0. The van der Waals surface area contributed by atoms with E-state index in [1.165, 1.54) is 17.2 Å². The molecule has 0 aliphatic carbocycles. The first-order valence-electron chi connectivity index (χ1n) is 13.8. The van der Waals surface area contributed by atoms with Crippen LogP contribution in [0.5, 0.6) is 5.75 Å². The van der Waals surface area contributed by atoms with Gasteiger partial charge in [0.05, 0.1) is 24.3 Å². The maximum Gasteiger partial charge on any atom is 0.326 e. The number of nitrogens with zero attached hydrogens (tertiary/aromatic N) is 3. The molecule has 12 heteroatoms. The SMILES string of the molecule is CC(C)(C)Oc1cc(C(=O)CC(N)=O)ccc1C1=NC(c2ccco2)C(c2ccc(Cl)cc2)N1C(=O)N1CCNC(=O)C1. The van der Waals surface area contributed by atoms with E-state index in [-0.39, 0.29) is 29.6 Å².